The van der Waals surface area contributed by atoms with Gasteiger partial charge < -0.3 is 15.0 Å². The van der Waals surface area contributed by atoms with Crippen molar-refractivity contribution in [1.82, 2.24) is 10.3 Å². The predicted molar refractivity (Wildman–Crippen MR) is 69.6 cm³/mol. The van der Waals surface area contributed by atoms with Gasteiger partial charge in [0, 0.05) is 22.6 Å². The standard InChI is InChI=1S/C14H15FN2O2/c1-19-14(18)10-5-8(15)6-12-9(10)7-13(17-12)11-3-2-4-16-11/h5-7,11,16-17H,2-4H2,1H3. The summed E-state index contributed by atoms with van der Waals surface area (Å²) in [5.74, 6) is -0.963. The van der Waals surface area contributed by atoms with Crippen LogP contribution in [0.25, 0.3) is 10.9 Å². The van der Waals surface area contributed by atoms with Crippen molar-refractivity contribution in [3.05, 3.63) is 35.3 Å². The van der Waals surface area contributed by atoms with E-state index in [1.165, 1.54) is 19.2 Å². The number of fused-ring (bicyclic) bond motifs is 1. The van der Waals surface area contributed by atoms with Gasteiger partial charge in [-0.25, -0.2) is 9.18 Å². The van der Waals surface area contributed by atoms with Crippen LogP contribution in [0.2, 0.25) is 0 Å². The molecule has 1 atom stereocenters. The van der Waals surface area contributed by atoms with E-state index in [1.807, 2.05) is 6.07 Å². The highest BCUT2D eigenvalue weighted by molar-refractivity contribution is 6.04. The van der Waals surface area contributed by atoms with Crippen molar-refractivity contribution in [3.8, 4) is 0 Å². The highest BCUT2D eigenvalue weighted by atomic mass is 19.1. The molecule has 5 heteroatoms. The van der Waals surface area contributed by atoms with E-state index >= 15 is 0 Å². The fourth-order valence-corrected chi connectivity index (χ4v) is 2.64. The second kappa shape index (κ2) is 4.66. The Hall–Kier alpha value is -1.88. The van der Waals surface area contributed by atoms with E-state index in [0.29, 0.717) is 10.9 Å². The number of ether oxygens (including phenoxy) is 1. The lowest BCUT2D eigenvalue weighted by molar-refractivity contribution is 0.0602. The smallest absolute Gasteiger partial charge is 0.338 e. The Labute approximate surface area is 109 Å². The molecule has 2 heterocycles. The third-order valence-corrected chi connectivity index (χ3v) is 3.56. The van der Waals surface area contributed by atoms with E-state index in [9.17, 15) is 9.18 Å². The van der Waals surface area contributed by atoms with Gasteiger partial charge in [-0.2, -0.15) is 0 Å². The SMILES string of the molecule is COC(=O)c1cc(F)cc2[nH]c(C3CCCN3)cc12. The highest BCUT2D eigenvalue weighted by Gasteiger charge is 2.20. The number of rotatable bonds is 2. The molecule has 0 spiro atoms. The molecule has 1 unspecified atom stereocenters. The summed E-state index contributed by atoms with van der Waals surface area (Å²) in [6.07, 6.45) is 2.17. The number of H-pyrrole nitrogens is 1. The highest BCUT2D eigenvalue weighted by Crippen LogP contribution is 2.28. The van der Waals surface area contributed by atoms with Gasteiger partial charge in [0.25, 0.3) is 0 Å². The molecule has 0 aliphatic carbocycles. The molecule has 0 radical (unpaired) electrons. The number of aromatic nitrogens is 1. The topological polar surface area (TPSA) is 54.1 Å². The molecular formula is C14H15FN2O2. The molecule has 1 saturated heterocycles. The summed E-state index contributed by atoms with van der Waals surface area (Å²) in [7, 11) is 1.30. The van der Waals surface area contributed by atoms with Gasteiger partial charge in [-0.05, 0) is 37.6 Å². The normalized spacial score (nSPS) is 18.9. The lowest BCUT2D eigenvalue weighted by Gasteiger charge is -2.06. The number of aromatic amines is 1. The lowest BCUT2D eigenvalue weighted by Crippen LogP contribution is -2.12. The zero-order valence-corrected chi connectivity index (χ0v) is 10.6. The average molecular weight is 262 g/mol. The van der Waals surface area contributed by atoms with Crippen LogP contribution in [-0.4, -0.2) is 24.6 Å². The minimum Gasteiger partial charge on any atom is -0.465 e. The Balaban J connectivity index is 2.12. The molecule has 0 amide bonds. The van der Waals surface area contributed by atoms with E-state index < -0.39 is 11.8 Å². The first kappa shape index (κ1) is 12.2. The molecule has 1 aliphatic heterocycles. The summed E-state index contributed by atoms with van der Waals surface area (Å²) in [5.41, 5.74) is 1.88. The number of carbonyl (C=O) groups is 1. The average Bonchev–Trinajstić information content (AvgIpc) is 3.04. The van der Waals surface area contributed by atoms with Crippen LogP contribution in [0, 0.1) is 5.82 Å². The Morgan fingerprint density at radius 1 is 1.42 bits per heavy atom. The van der Waals surface area contributed by atoms with E-state index in [1.54, 1.807) is 0 Å². The predicted octanol–water partition coefficient (Wildman–Crippen LogP) is 2.52. The molecule has 1 fully saturated rings. The van der Waals surface area contributed by atoms with Gasteiger partial charge in [0.15, 0.2) is 0 Å². The summed E-state index contributed by atoms with van der Waals surface area (Å²) in [5, 5.41) is 4.08. The largest absolute Gasteiger partial charge is 0.465 e. The lowest BCUT2D eigenvalue weighted by atomic mass is 10.1. The van der Waals surface area contributed by atoms with Gasteiger partial charge in [-0.15, -0.1) is 0 Å². The fourth-order valence-electron chi connectivity index (χ4n) is 2.64. The number of benzene rings is 1. The second-order valence-corrected chi connectivity index (χ2v) is 4.78. The van der Waals surface area contributed by atoms with Crippen molar-refractivity contribution in [2.24, 2.45) is 0 Å². The van der Waals surface area contributed by atoms with Crippen molar-refractivity contribution in [2.45, 2.75) is 18.9 Å². The maximum atomic E-state index is 13.5. The zero-order chi connectivity index (χ0) is 13.4. The molecular weight excluding hydrogens is 247 g/mol. The number of hydrogen-bond acceptors (Lipinski definition) is 3. The van der Waals surface area contributed by atoms with Crippen LogP contribution >= 0.6 is 0 Å². The first-order valence-corrected chi connectivity index (χ1v) is 6.33. The third kappa shape index (κ3) is 2.10. The maximum absolute atomic E-state index is 13.5. The molecule has 19 heavy (non-hydrogen) atoms. The molecule has 0 bridgehead atoms. The van der Waals surface area contributed by atoms with Gasteiger partial charge in [0.1, 0.15) is 5.82 Å². The minimum absolute atomic E-state index is 0.251. The second-order valence-electron chi connectivity index (χ2n) is 4.78. The Bertz CT molecular complexity index is 630. The van der Waals surface area contributed by atoms with Gasteiger partial charge in [-0.1, -0.05) is 0 Å². The van der Waals surface area contributed by atoms with E-state index in [2.05, 4.69) is 10.3 Å². The third-order valence-electron chi connectivity index (χ3n) is 3.56. The van der Waals surface area contributed by atoms with Crippen LogP contribution in [0.5, 0.6) is 0 Å². The van der Waals surface area contributed by atoms with Crippen LogP contribution in [-0.2, 0) is 4.74 Å². The first-order valence-electron chi connectivity index (χ1n) is 6.33. The number of esters is 1. The summed E-state index contributed by atoms with van der Waals surface area (Å²) in [6.45, 7) is 0.984. The van der Waals surface area contributed by atoms with Crippen molar-refractivity contribution in [1.29, 1.82) is 0 Å². The molecule has 2 aromatic rings. The number of nitrogens with one attached hydrogen (secondary N) is 2. The summed E-state index contributed by atoms with van der Waals surface area (Å²) in [4.78, 5) is 14.9. The molecule has 1 aromatic heterocycles. The van der Waals surface area contributed by atoms with Gasteiger partial charge in [0.2, 0.25) is 0 Å². The molecule has 4 nitrogen and oxygen atoms in total. The van der Waals surface area contributed by atoms with E-state index in [-0.39, 0.29) is 11.6 Å². The Kier molecular flexibility index (Phi) is 2.98. The van der Waals surface area contributed by atoms with Gasteiger partial charge >= 0.3 is 5.97 Å². The van der Waals surface area contributed by atoms with Crippen molar-refractivity contribution in [3.63, 3.8) is 0 Å². The van der Waals surface area contributed by atoms with Crippen molar-refractivity contribution in [2.75, 3.05) is 13.7 Å². The van der Waals surface area contributed by atoms with Gasteiger partial charge in [-0.3, -0.25) is 0 Å². The minimum atomic E-state index is -0.519. The van der Waals surface area contributed by atoms with Crippen LogP contribution in [0.1, 0.15) is 34.9 Å². The molecule has 3 rings (SSSR count). The molecule has 1 aliphatic rings. The Morgan fingerprint density at radius 2 is 2.26 bits per heavy atom. The molecule has 1 aromatic carbocycles. The monoisotopic (exact) mass is 262 g/mol. The van der Waals surface area contributed by atoms with E-state index in [4.69, 9.17) is 4.74 Å². The fraction of sp³-hybridized carbons (Fsp3) is 0.357. The molecule has 100 valence electrons. The van der Waals surface area contributed by atoms with Crippen LogP contribution in [0.15, 0.2) is 18.2 Å². The summed E-state index contributed by atoms with van der Waals surface area (Å²) < 4.78 is 18.2. The number of halogens is 1. The zero-order valence-electron chi connectivity index (χ0n) is 10.6. The van der Waals surface area contributed by atoms with Crippen LogP contribution < -0.4 is 5.32 Å². The number of methoxy groups -OCH3 is 1. The molecule has 2 N–H and O–H groups in total. The van der Waals surface area contributed by atoms with Crippen molar-refractivity contribution < 1.29 is 13.9 Å². The number of hydrogen-bond donors (Lipinski definition) is 2. The number of carbonyl (C=O) groups excluding carboxylic acids is 1. The quantitative estimate of drug-likeness (QED) is 0.818. The summed E-state index contributed by atoms with van der Waals surface area (Å²) in [6, 6.07) is 4.78. The van der Waals surface area contributed by atoms with Gasteiger partial charge in [0.05, 0.1) is 12.7 Å². The van der Waals surface area contributed by atoms with Crippen molar-refractivity contribution >= 4 is 16.9 Å². The van der Waals surface area contributed by atoms with Crippen LogP contribution in [0.4, 0.5) is 4.39 Å². The Morgan fingerprint density at radius 3 is 2.95 bits per heavy atom. The van der Waals surface area contributed by atoms with Crippen LogP contribution in [0.3, 0.4) is 0 Å². The first-order chi connectivity index (χ1) is 9.19. The van der Waals surface area contributed by atoms with E-state index in [0.717, 1.165) is 25.1 Å². The maximum Gasteiger partial charge on any atom is 0.338 e. The summed E-state index contributed by atoms with van der Waals surface area (Å²) >= 11 is 0. The molecule has 0 saturated carbocycles.